The van der Waals surface area contributed by atoms with Gasteiger partial charge in [-0.3, -0.25) is 4.40 Å². The third-order valence-corrected chi connectivity index (χ3v) is 5.45. The van der Waals surface area contributed by atoms with Gasteiger partial charge in [-0.1, -0.05) is 51.5 Å². The maximum Gasteiger partial charge on any atom is 0.354 e. The number of aromatic nitrogens is 2. The van der Waals surface area contributed by atoms with Crippen molar-refractivity contribution < 1.29 is 9.90 Å². The number of hydrogen-bond donors (Lipinski definition) is 1. The molecule has 0 unspecified atom stereocenters. The van der Waals surface area contributed by atoms with Crippen molar-refractivity contribution in [1.82, 2.24) is 9.38 Å². The van der Waals surface area contributed by atoms with Crippen LogP contribution in [-0.4, -0.2) is 20.5 Å². The molecule has 3 rings (SSSR count). The van der Waals surface area contributed by atoms with Crippen molar-refractivity contribution in [3.8, 4) is 11.3 Å². The van der Waals surface area contributed by atoms with Gasteiger partial charge in [0.25, 0.3) is 0 Å². The van der Waals surface area contributed by atoms with Crippen LogP contribution in [0.25, 0.3) is 16.2 Å². The van der Waals surface area contributed by atoms with Gasteiger partial charge in [0, 0.05) is 4.88 Å². The molecular formula is C19H22N2O2S. The van der Waals surface area contributed by atoms with Crippen molar-refractivity contribution in [2.24, 2.45) is 0 Å². The molecule has 24 heavy (non-hydrogen) atoms. The Labute approximate surface area is 145 Å². The van der Waals surface area contributed by atoms with E-state index in [4.69, 9.17) is 0 Å². The Hall–Kier alpha value is -2.14. The van der Waals surface area contributed by atoms with Gasteiger partial charge in [-0.15, -0.1) is 11.3 Å². The van der Waals surface area contributed by atoms with Gasteiger partial charge in [-0.2, -0.15) is 0 Å². The lowest BCUT2D eigenvalue weighted by Crippen LogP contribution is -2.06. The molecule has 1 N–H and O–H groups in total. The smallest absolute Gasteiger partial charge is 0.354 e. The van der Waals surface area contributed by atoms with Gasteiger partial charge in [-0.05, 0) is 30.4 Å². The third-order valence-electron chi connectivity index (χ3n) is 4.27. The fourth-order valence-electron chi connectivity index (χ4n) is 3.06. The minimum atomic E-state index is -0.905. The molecule has 0 saturated carbocycles. The molecular weight excluding hydrogens is 320 g/mol. The average molecular weight is 342 g/mol. The molecule has 0 spiro atoms. The van der Waals surface area contributed by atoms with E-state index in [2.05, 4.69) is 43.1 Å². The van der Waals surface area contributed by atoms with E-state index < -0.39 is 5.97 Å². The van der Waals surface area contributed by atoms with E-state index in [1.165, 1.54) is 10.4 Å². The maximum atomic E-state index is 11.9. The quantitative estimate of drug-likeness (QED) is 0.697. The molecule has 2 aromatic heterocycles. The Bertz CT molecular complexity index is 875. The lowest BCUT2D eigenvalue weighted by Gasteiger charge is -2.07. The molecule has 0 radical (unpaired) electrons. The summed E-state index contributed by atoms with van der Waals surface area (Å²) >= 11 is 1.60. The molecule has 2 heterocycles. The molecule has 3 aromatic rings. The summed E-state index contributed by atoms with van der Waals surface area (Å²) in [5.74, 6) is -0.905. The van der Waals surface area contributed by atoms with Crippen molar-refractivity contribution in [3.63, 3.8) is 0 Å². The van der Waals surface area contributed by atoms with Crippen molar-refractivity contribution >= 4 is 22.3 Å². The van der Waals surface area contributed by atoms with Crippen molar-refractivity contribution in [1.29, 1.82) is 0 Å². The number of carboxylic acids is 1. The standard InChI is InChI=1S/C19H22N2O2S/c1-4-7-14-17(18(22)23)21-16(15(6-3)24-19(21)20-14)13-10-8-12(5-2)9-11-13/h8-11H,4-7H2,1-3H3,(H,22,23). The van der Waals surface area contributed by atoms with E-state index in [0.29, 0.717) is 17.8 Å². The normalized spacial score (nSPS) is 11.3. The number of imidazole rings is 1. The summed E-state index contributed by atoms with van der Waals surface area (Å²) in [5.41, 5.74) is 4.31. The van der Waals surface area contributed by atoms with Crippen LogP contribution in [0, 0.1) is 0 Å². The molecule has 5 heteroatoms. The monoisotopic (exact) mass is 342 g/mol. The number of benzene rings is 1. The van der Waals surface area contributed by atoms with E-state index in [9.17, 15) is 9.90 Å². The third kappa shape index (κ3) is 2.73. The number of carboxylic acid groups (broad SMARTS) is 1. The number of fused-ring (bicyclic) bond motifs is 1. The van der Waals surface area contributed by atoms with Crippen LogP contribution in [0.3, 0.4) is 0 Å². The molecule has 4 nitrogen and oxygen atoms in total. The Kier molecular flexibility index (Phi) is 4.71. The highest BCUT2D eigenvalue weighted by Gasteiger charge is 2.24. The zero-order valence-electron chi connectivity index (χ0n) is 14.3. The van der Waals surface area contributed by atoms with Crippen molar-refractivity contribution in [2.45, 2.75) is 46.5 Å². The molecule has 0 saturated heterocycles. The number of thiazole rings is 1. The second kappa shape index (κ2) is 6.77. The number of aryl methyl sites for hydroxylation is 3. The van der Waals surface area contributed by atoms with Gasteiger partial charge >= 0.3 is 5.97 Å². The lowest BCUT2D eigenvalue weighted by molar-refractivity contribution is 0.0688. The largest absolute Gasteiger partial charge is 0.477 e. The first-order chi connectivity index (χ1) is 11.6. The van der Waals surface area contributed by atoms with Crippen LogP contribution in [0.5, 0.6) is 0 Å². The summed E-state index contributed by atoms with van der Waals surface area (Å²) in [7, 11) is 0. The van der Waals surface area contributed by atoms with E-state index in [1.807, 2.05) is 11.3 Å². The highest BCUT2D eigenvalue weighted by molar-refractivity contribution is 7.17. The molecule has 0 atom stereocenters. The topological polar surface area (TPSA) is 54.6 Å². The second-order valence-corrected chi connectivity index (χ2v) is 6.92. The number of carbonyl (C=O) groups is 1. The zero-order valence-corrected chi connectivity index (χ0v) is 15.1. The van der Waals surface area contributed by atoms with Crippen LogP contribution in [0.4, 0.5) is 0 Å². The summed E-state index contributed by atoms with van der Waals surface area (Å²) < 4.78 is 1.85. The Morgan fingerprint density at radius 3 is 2.42 bits per heavy atom. The van der Waals surface area contributed by atoms with Gasteiger partial charge in [0.05, 0.1) is 11.4 Å². The molecule has 0 fully saturated rings. The van der Waals surface area contributed by atoms with E-state index >= 15 is 0 Å². The van der Waals surface area contributed by atoms with Gasteiger partial charge in [0.1, 0.15) is 0 Å². The fraction of sp³-hybridized carbons (Fsp3) is 0.368. The number of nitrogens with zero attached hydrogens (tertiary/aromatic N) is 2. The molecule has 0 bridgehead atoms. The summed E-state index contributed by atoms with van der Waals surface area (Å²) in [6.07, 6.45) is 3.42. The minimum absolute atomic E-state index is 0.317. The summed E-state index contributed by atoms with van der Waals surface area (Å²) in [5, 5.41) is 9.76. The van der Waals surface area contributed by atoms with Crippen LogP contribution in [-0.2, 0) is 19.3 Å². The van der Waals surface area contributed by atoms with E-state index in [0.717, 1.165) is 35.5 Å². The van der Waals surface area contributed by atoms with Crippen molar-refractivity contribution in [2.75, 3.05) is 0 Å². The average Bonchev–Trinajstić information content (AvgIpc) is 3.10. The van der Waals surface area contributed by atoms with Crippen LogP contribution in [0.1, 0.15) is 53.8 Å². The highest BCUT2D eigenvalue weighted by Crippen LogP contribution is 2.35. The zero-order chi connectivity index (χ0) is 17.3. The molecule has 0 aliphatic rings. The SMILES string of the molecule is CCCc1nc2sc(CC)c(-c3ccc(CC)cc3)n2c1C(=O)O. The molecule has 126 valence electrons. The molecule has 1 aromatic carbocycles. The molecule has 0 aliphatic carbocycles. The summed E-state index contributed by atoms with van der Waals surface area (Å²) in [6, 6.07) is 8.40. The Balaban J connectivity index is 2.29. The minimum Gasteiger partial charge on any atom is -0.477 e. The Morgan fingerprint density at radius 2 is 1.88 bits per heavy atom. The lowest BCUT2D eigenvalue weighted by atomic mass is 10.1. The Morgan fingerprint density at radius 1 is 1.17 bits per heavy atom. The maximum absolute atomic E-state index is 11.9. The van der Waals surface area contributed by atoms with Gasteiger partial charge < -0.3 is 5.11 Å². The number of aromatic carboxylic acids is 1. The first-order valence-electron chi connectivity index (χ1n) is 8.46. The first-order valence-corrected chi connectivity index (χ1v) is 9.27. The first kappa shape index (κ1) is 16.7. The van der Waals surface area contributed by atoms with Crippen molar-refractivity contribution in [3.05, 3.63) is 46.1 Å². The van der Waals surface area contributed by atoms with Gasteiger partial charge in [0.2, 0.25) is 0 Å². The number of rotatable bonds is 6. The van der Waals surface area contributed by atoms with Crippen LogP contribution in [0.2, 0.25) is 0 Å². The molecule has 0 amide bonds. The highest BCUT2D eigenvalue weighted by atomic mass is 32.1. The van der Waals surface area contributed by atoms with Crippen LogP contribution in [0.15, 0.2) is 24.3 Å². The van der Waals surface area contributed by atoms with Crippen LogP contribution >= 0.6 is 11.3 Å². The predicted molar refractivity (Wildman–Crippen MR) is 98.2 cm³/mol. The van der Waals surface area contributed by atoms with Crippen LogP contribution < -0.4 is 0 Å². The predicted octanol–water partition coefficient (Wildman–Crippen LogP) is 4.84. The van der Waals surface area contributed by atoms with Gasteiger partial charge in [-0.25, -0.2) is 9.78 Å². The number of hydrogen-bond acceptors (Lipinski definition) is 3. The fourth-order valence-corrected chi connectivity index (χ4v) is 4.16. The second-order valence-electron chi connectivity index (χ2n) is 5.86. The molecule has 0 aliphatic heterocycles. The summed E-state index contributed by atoms with van der Waals surface area (Å²) in [6.45, 7) is 6.27. The van der Waals surface area contributed by atoms with E-state index in [-0.39, 0.29) is 0 Å². The summed E-state index contributed by atoms with van der Waals surface area (Å²) in [4.78, 5) is 18.5. The van der Waals surface area contributed by atoms with E-state index in [1.54, 1.807) is 11.3 Å². The van der Waals surface area contributed by atoms with Gasteiger partial charge in [0.15, 0.2) is 10.7 Å².